The normalized spacial score (nSPS) is 10.7. The zero-order valence-corrected chi connectivity index (χ0v) is 9.36. The Kier molecular flexibility index (Phi) is 2.73. The van der Waals surface area contributed by atoms with Crippen LogP contribution in [0.5, 0.6) is 5.06 Å². The molecule has 74 valence electrons. The fraction of sp³-hybridized carbons (Fsp3) is 0.333. The van der Waals surface area contributed by atoms with Crippen molar-refractivity contribution in [1.82, 2.24) is 0 Å². The SMILES string of the molecule is CCOc1sc2ccccc2c1CC. The molecule has 0 unspecified atom stereocenters. The summed E-state index contributed by atoms with van der Waals surface area (Å²) < 4.78 is 6.96. The predicted octanol–water partition coefficient (Wildman–Crippen LogP) is 3.86. The maximum atomic E-state index is 5.63. The lowest BCUT2D eigenvalue weighted by atomic mass is 10.1. The highest BCUT2D eigenvalue weighted by Crippen LogP contribution is 2.37. The highest BCUT2D eigenvalue weighted by atomic mass is 32.1. The van der Waals surface area contributed by atoms with E-state index in [0.29, 0.717) is 0 Å². The first-order valence-electron chi connectivity index (χ1n) is 5.00. The third-order valence-electron chi connectivity index (χ3n) is 2.29. The van der Waals surface area contributed by atoms with Crippen molar-refractivity contribution in [2.24, 2.45) is 0 Å². The second kappa shape index (κ2) is 4.01. The van der Waals surface area contributed by atoms with Gasteiger partial charge in [0.1, 0.15) is 0 Å². The summed E-state index contributed by atoms with van der Waals surface area (Å²) in [4.78, 5) is 0. The number of aryl methyl sites for hydroxylation is 1. The number of rotatable bonds is 3. The van der Waals surface area contributed by atoms with Crippen molar-refractivity contribution >= 4 is 21.4 Å². The van der Waals surface area contributed by atoms with Gasteiger partial charge in [-0.15, -0.1) is 0 Å². The van der Waals surface area contributed by atoms with Crippen molar-refractivity contribution < 1.29 is 4.74 Å². The Hall–Kier alpha value is -1.02. The molecule has 2 rings (SSSR count). The molecule has 0 fully saturated rings. The van der Waals surface area contributed by atoms with Gasteiger partial charge in [-0.1, -0.05) is 36.5 Å². The summed E-state index contributed by atoms with van der Waals surface area (Å²) in [6.45, 7) is 4.96. The van der Waals surface area contributed by atoms with Gasteiger partial charge in [-0.25, -0.2) is 0 Å². The summed E-state index contributed by atoms with van der Waals surface area (Å²) in [6, 6.07) is 8.49. The Bertz CT molecular complexity index is 431. The molecule has 0 aliphatic carbocycles. The van der Waals surface area contributed by atoms with Gasteiger partial charge in [0.05, 0.1) is 6.61 Å². The Balaban J connectivity index is 2.60. The number of hydrogen-bond donors (Lipinski definition) is 0. The van der Waals surface area contributed by atoms with Crippen molar-refractivity contribution in [2.75, 3.05) is 6.61 Å². The molecule has 0 aliphatic heterocycles. The van der Waals surface area contributed by atoms with E-state index in [1.54, 1.807) is 11.3 Å². The lowest BCUT2D eigenvalue weighted by molar-refractivity contribution is 0.347. The number of fused-ring (bicyclic) bond motifs is 1. The molecule has 0 N–H and O–H groups in total. The first-order valence-corrected chi connectivity index (χ1v) is 5.81. The van der Waals surface area contributed by atoms with Crippen LogP contribution in [0.2, 0.25) is 0 Å². The highest BCUT2D eigenvalue weighted by Gasteiger charge is 2.10. The van der Waals surface area contributed by atoms with Gasteiger partial charge in [-0.3, -0.25) is 0 Å². The van der Waals surface area contributed by atoms with E-state index in [1.807, 2.05) is 6.92 Å². The predicted molar refractivity (Wildman–Crippen MR) is 62.4 cm³/mol. The molecule has 2 heteroatoms. The van der Waals surface area contributed by atoms with Crippen LogP contribution in [0, 0.1) is 0 Å². The summed E-state index contributed by atoms with van der Waals surface area (Å²) in [6.07, 6.45) is 1.04. The smallest absolute Gasteiger partial charge is 0.178 e. The average Bonchev–Trinajstić information content (AvgIpc) is 2.55. The summed E-state index contributed by atoms with van der Waals surface area (Å²) in [7, 11) is 0. The van der Waals surface area contributed by atoms with Crippen molar-refractivity contribution in [1.29, 1.82) is 0 Å². The van der Waals surface area contributed by atoms with Gasteiger partial charge in [0, 0.05) is 10.3 Å². The molecule has 0 bridgehead atoms. The molecule has 1 nitrogen and oxygen atoms in total. The van der Waals surface area contributed by atoms with E-state index in [2.05, 4.69) is 31.2 Å². The Morgan fingerprint density at radius 1 is 1.21 bits per heavy atom. The molecule has 0 atom stereocenters. The molecule has 0 aliphatic rings. The van der Waals surface area contributed by atoms with Gasteiger partial charge < -0.3 is 4.74 Å². The summed E-state index contributed by atoms with van der Waals surface area (Å²) >= 11 is 1.75. The number of hydrogen-bond acceptors (Lipinski definition) is 2. The molecule has 14 heavy (non-hydrogen) atoms. The van der Waals surface area contributed by atoms with Crippen LogP contribution >= 0.6 is 11.3 Å². The van der Waals surface area contributed by atoms with Gasteiger partial charge in [0.15, 0.2) is 5.06 Å². The van der Waals surface area contributed by atoms with E-state index in [0.717, 1.165) is 18.1 Å². The first-order chi connectivity index (χ1) is 6.86. The molecule has 2 aromatic rings. The van der Waals surface area contributed by atoms with Crippen molar-refractivity contribution in [3.05, 3.63) is 29.8 Å². The monoisotopic (exact) mass is 206 g/mol. The quantitative estimate of drug-likeness (QED) is 0.741. The fourth-order valence-corrected chi connectivity index (χ4v) is 2.86. The van der Waals surface area contributed by atoms with Gasteiger partial charge >= 0.3 is 0 Å². The lowest BCUT2D eigenvalue weighted by Gasteiger charge is -2.01. The molecule has 0 saturated carbocycles. The summed E-state index contributed by atoms with van der Waals surface area (Å²) in [5.41, 5.74) is 1.35. The molecule has 0 amide bonds. The van der Waals surface area contributed by atoms with Gasteiger partial charge in [0.2, 0.25) is 0 Å². The molecule has 1 heterocycles. The van der Waals surface area contributed by atoms with Crippen LogP contribution in [0.4, 0.5) is 0 Å². The van der Waals surface area contributed by atoms with E-state index in [-0.39, 0.29) is 0 Å². The van der Waals surface area contributed by atoms with Crippen LogP contribution in [-0.4, -0.2) is 6.61 Å². The van der Waals surface area contributed by atoms with Crippen LogP contribution < -0.4 is 4.74 Å². The molecular formula is C12H14OS. The summed E-state index contributed by atoms with van der Waals surface area (Å²) in [5.74, 6) is 0. The molecule has 0 radical (unpaired) electrons. The van der Waals surface area contributed by atoms with Crippen LogP contribution in [-0.2, 0) is 6.42 Å². The van der Waals surface area contributed by atoms with Crippen molar-refractivity contribution in [2.45, 2.75) is 20.3 Å². The average molecular weight is 206 g/mol. The van der Waals surface area contributed by atoms with Crippen LogP contribution in [0.25, 0.3) is 10.1 Å². The minimum atomic E-state index is 0.750. The molecular weight excluding hydrogens is 192 g/mol. The third-order valence-corrected chi connectivity index (χ3v) is 3.42. The van der Waals surface area contributed by atoms with E-state index in [9.17, 15) is 0 Å². The minimum absolute atomic E-state index is 0.750. The number of ether oxygens (including phenoxy) is 1. The Labute approximate surface area is 88.3 Å². The van der Waals surface area contributed by atoms with Gasteiger partial charge in [-0.05, 0) is 24.8 Å². The second-order valence-corrected chi connectivity index (χ2v) is 4.17. The Morgan fingerprint density at radius 2 is 2.00 bits per heavy atom. The zero-order chi connectivity index (χ0) is 9.97. The molecule has 0 saturated heterocycles. The topological polar surface area (TPSA) is 9.23 Å². The van der Waals surface area contributed by atoms with E-state index in [4.69, 9.17) is 4.74 Å². The molecule has 1 aromatic heterocycles. The summed E-state index contributed by atoms with van der Waals surface area (Å²) in [5, 5.41) is 2.44. The maximum Gasteiger partial charge on any atom is 0.178 e. The number of thiophene rings is 1. The zero-order valence-electron chi connectivity index (χ0n) is 8.54. The minimum Gasteiger partial charge on any atom is -0.484 e. The third kappa shape index (κ3) is 1.50. The number of benzene rings is 1. The second-order valence-electron chi connectivity index (χ2n) is 3.15. The van der Waals surface area contributed by atoms with E-state index >= 15 is 0 Å². The first kappa shape index (κ1) is 9.53. The van der Waals surface area contributed by atoms with Crippen LogP contribution in [0.15, 0.2) is 24.3 Å². The molecule has 0 spiro atoms. The fourth-order valence-electron chi connectivity index (χ4n) is 1.66. The van der Waals surface area contributed by atoms with E-state index < -0.39 is 0 Å². The van der Waals surface area contributed by atoms with Crippen LogP contribution in [0.1, 0.15) is 19.4 Å². The highest BCUT2D eigenvalue weighted by molar-refractivity contribution is 7.21. The van der Waals surface area contributed by atoms with E-state index in [1.165, 1.54) is 15.6 Å². The largest absolute Gasteiger partial charge is 0.484 e. The van der Waals surface area contributed by atoms with Crippen LogP contribution in [0.3, 0.4) is 0 Å². The molecule has 1 aromatic carbocycles. The van der Waals surface area contributed by atoms with Gasteiger partial charge in [0.25, 0.3) is 0 Å². The standard InChI is InChI=1S/C12H14OS/c1-3-9-10-7-5-6-8-11(10)14-12(9)13-4-2/h5-8H,3-4H2,1-2H3. The van der Waals surface area contributed by atoms with Gasteiger partial charge in [-0.2, -0.15) is 0 Å². The van der Waals surface area contributed by atoms with Crippen molar-refractivity contribution in [3.8, 4) is 5.06 Å². The maximum absolute atomic E-state index is 5.63. The lowest BCUT2D eigenvalue weighted by Crippen LogP contribution is -1.91. The Morgan fingerprint density at radius 3 is 2.71 bits per heavy atom. The van der Waals surface area contributed by atoms with Crippen molar-refractivity contribution in [3.63, 3.8) is 0 Å².